The van der Waals surface area contributed by atoms with E-state index >= 15 is 0 Å². The first-order valence-corrected chi connectivity index (χ1v) is 6.11. The van der Waals surface area contributed by atoms with Crippen molar-refractivity contribution in [2.45, 2.75) is 39.5 Å². The first-order valence-electron chi connectivity index (χ1n) is 6.11. The van der Waals surface area contributed by atoms with Crippen molar-refractivity contribution in [3.8, 4) is 0 Å². The van der Waals surface area contributed by atoms with Crippen molar-refractivity contribution >= 4 is 0 Å². The SMILES string of the molecule is CCCC(C)CNCC1CCCOC1. The highest BCUT2D eigenvalue weighted by Crippen LogP contribution is 2.12. The van der Waals surface area contributed by atoms with Gasteiger partial charge in [-0.15, -0.1) is 0 Å². The third kappa shape index (κ3) is 4.97. The zero-order chi connectivity index (χ0) is 10.2. The number of rotatable bonds is 6. The lowest BCUT2D eigenvalue weighted by Gasteiger charge is -2.23. The Hall–Kier alpha value is -0.0800. The van der Waals surface area contributed by atoms with Gasteiger partial charge < -0.3 is 10.1 Å². The van der Waals surface area contributed by atoms with E-state index in [2.05, 4.69) is 19.2 Å². The number of hydrogen-bond donors (Lipinski definition) is 1. The van der Waals surface area contributed by atoms with Gasteiger partial charge in [0.1, 0.15) is 0 Å². The molecule has 2 unspecified atom stereocenters. The van der Waals surface area contributed by atoms with Crippen molar-refractivity contribution < 1.29 is 4.74 Å². The minimum absolute atomic E-state index is 0.762. The summed E-state index contributed by atoms with van der Waals surface area (Å²) in [5, 5.41) is 3.56. The zero-order valence-electron chi connectivity index (χ0n) is 9.72. The Morgan fingerprint density at radius 1 is 1.50 bits per heavy atom. The molecule has 0 aromatic heterocycles. The van der Waals surface area contributed by atoms with E-state index in [0.717, 1.165) is 31.6 Å². The summed E-state index contributed by atoms with van der Waals surface area (Å²) in [6.07, 6.45) is 5.23. The van der Waals surface area contributed by atoms with E-state index in [-0.39, 0.29) is 0 Å². The molecule has 2 atom stereocenters. The molecule has 14 heavy (non-hydrogen) atoms. The molecule has 0 aromatic carbocycles. The lowest BCUT2D eigenvalue weighted by Crippen LogP contribution is -2.31. The minimum Gasteiger partial charge on any atom is -0.381 e. The normalized spacial score (nSPS) is 24.9. The van der Waals surface area contributed by atoms with Gasteiger partial charge in [0.25, 0.3) is 0 Å². The highest BCUT2D eigenvalue weighted by Gasteiger charge is 2.13. The first-order chi connectivity index (χ1) is 6.83. The van der Waals surface area contributed by atoms with E-state index in [1.54, 1.807) is 0 Å². The first kappa shape index (κ1) is 12.0. The quantitative estimate of drug-likeness (QED) is 0.709. The molecule has 2 heteroatoms. The van der Waals surface area contributed by atoms with Crippen LogP contribution in [0.25, 0.3) is 0 Å². The summed E-state index contributed by atoms with van der Waals surface area (Å²) in [4.78, 5) is 0. The molecule has 1 aliphatic rings. The average molecular weight is 199 g/mol. The monoisotopic (exact) mass is 199 g/mol. The van der Waals surface area contributed by atoms with Crippen LogP contribution in [0.15, 0.2) is 0 Å². The second-order valence-corrected chi connectivity index (χ2v) is 4.64. The van der Waals surface area contributed by atoms with Crippen LogP contribution in [0.5, 0.6) is 0 Å². The van der Waals surface area contributed by atoms with Gasteiger partial charge in [-0.05, 0) is 37.6 Å². The summed E-state index contributed by atoms with van der Waals surface area (Å²) in [7, 11) is 0. The highest BCUT2D eigenvalue weighted by atomic mass is 16.5. The van der Waals surface area contributed by atoms with Gasteiger partial charge in [0, 0.05) is 13.2 Å². The van der Waals surface area contributed by atoms with Crippen molar-refractivity contribution in [3.63, 3.8) is 0 Å². The van der Waals surface area contributed by atoms with Crippen LogP contribution in [-0.2, 0) is 4.74 Å². The van der Waals surface area contributed by atoms with Crippen LogP contribution in [0.2, 0.25) is 0 Å². The Labute approximate surface area is 88.4 Å². The average Bonchev–Trinajstić information content (AvgIpc) is 2.20. The molecule has 84 valence electrons. The van der Waals surface area contributed by atoms with Gasteiger partial charge in [0.2, 0.25) is 0 Å². The fourth-order valence-corrected chi connectivity index (χ4v) is 2.10. The molecule has 0 aromatic rings. The molecule has 1 rings (SSSR count). The Morgan fingerprint density at radius 3 is 3.00 bits per heavy atom. The summed E-state index contributed by atoms with van der Waals surface area (Å²) in [6.45, 7) is 8.84. The molecule has 1 fully saturated rings. The number of hydrogen-bond acceptors (Lipinski definition) is 2. The van der Waals surface area contributed by atoms with Crippen molar-refractivity contribution in [1.29, 1.82) is 0 Å². The molecule has 0 bridgehead atoms. The smallest absolute Gasteiger partial charge is 0.0506 e. The van der Waals surface area contributed by atoms with Gasteiger partial charge in [-0.25, -0.2) is 0 Å². The van der Waals surface area contributed by atoms with E-state index < -0.39 is 0 Å². The second kappa shape index (κ2) is 7.24. The Morgan fingerprint density at radius 2 is 2.36 bits per heavy atom. The van der Waals surface area contributed by atoms with Crippen LogP contribution in [0.4, 0.5) is 0 Å². The lowest BCUT2D eigenvalue weighted by molar-refractivity contribution is 0.0546. The van der Waals surface area contributed by atoms with Gasteiger partial charge in [-0.2, -0.15) is 0 Å². The topological polar surface area (TPSA) is 21.3 Å². The Kier molecular flexibility index (Phi) is 6.20. The minimum atomic E-state index is 0.762. The maximum Gasteiger partial charge on any atom is 0.0506 e. The van der Waals surface area contributed by atoms with Crippen LogP contribution in [0.1, 0.15) is 39.5 Å². The van der Waals surface area contributed by atoms with Gasteiger partial charge >= 0.3 is 0 Å². The highest BCUT2D eigenvalue weighted by molar-refractivity contribution is 4.66. The Bertz CT molecular complexity index is 132. The van der Waals surface area contributed by atoms with Crippen LogP contribution < -0.4 is 5.32 Å². The molecule has 1 N–H and O–H groups in total. The number of nitrogens with one attached hydrogen (secondary N) is 1. The van der Waals surface area contributed by atoms with E-state index in [4.69, 9.17) is 4.74 Å². The van der Waals surface area contributed by atoms with Crippen molar-refractivity contribution in [2.75, 3.05) is 26.3 Å². The third-order valence-electron chi connectivity index (χ3n) is 2.96. The predicted molar refractivity (Wildman–Crippen MR) is 60.5 cm³/mol. The van der Waals surface area contributed by atoms with E-state index in [1.807, 2.05) is 0 Å². The lowest BCUT2D eigenvalue weighted by atomic mass is 10.0. The molecule has 1 heterocycles. The summed E-state index contributed by atoms with van der Waals surface area (Å²) < 4.78 is 5.45. The van der Waals surface area contributed by atoms with Crippen LogP contribution in [-0.4, -0.2) is 26.3 Å². The number of ether oxygens (including phenoxy) is 1. The van der Waals surface area contributed by atoms with E-state index in [0.29, 0.717) is 0 Å². The maximum absolute atomic E-state index is 5.45. The zero-order valence-corrected chi connectivity index (χ0v) is 9.72. The fourth-order valence-electron chi connectivity index (χ4n) is 2.10. The largest absolute Gasteiger partial charge is 0.381 e. The molecule has 0 amide bonds. The molecule has 1 saturated heterocycles. The van der Waals surface area contributed by atoms with Crippen molar-refractivity contribution in [3.05, 3.63) is 0 Å². The molecule has 0 aliphatic carbocycles. The van der Waals surface area contributed by atoms with Gasteiger partial charge in [0.05, 0.1) is 6.61 Å². The van der Waals surface area contributed by atoms with Gasteiger partial charge in [0.15, 0.2) is 0 Å². The molecule has 2 nitrogen and oxygen atoms in total. The van der Waals surface area contributed by atoms with Gasteiger partial charge in [-0.1, -0.05) is 20.3 Å². The van der Waals surface area contributed by atoms with E-state index in [9.17, 15) is 0 Å². The summed E-state index contributed by atoms with van der Waals surface area (Å²) in [5.74, 6) is 1.59. The maximum atomic E-state index is 5.45. The fraction of sp³-hybridized carbons (Fsp3) is 1.00. The molecular formula is C12H25NO. The molecule has 0 spiro atoms. The van der Waals surface area contributed by atoms with Gasteiger partial charge in [-0.3, -0.25) is 0 Å². The molecular weight excluding hydrogens is 174 g/mol. The molecule has 0 saturated carbocycles. The third-order valence-corrected chi connectivity index (χ3v) is 2.96. The van der Waals surface area contributed by atoms with Crippen molar-refractivity contribution in [1.82, 2.24) is 5.32 Å². The second-order valence-electron chi connectivity index (χ2n) is 4.64. The summed E-state index contributed by atoms with van der Waals surface area (Å²) in [6, 6.07) is 0. The summed E-state index contributed by atoms with van der Waals surface area (Å²) in [5.41, 5.74) is 0. The Balaban J connectivity index is 1.96. The molecule has 0 radical (unpaired) electrons. The predicted octanol–water partition coefficient (Wildman–Crippen LogP) is 2.44. The van der Waals surface area contributed by atoms with Crippen molar-refractivity contribution in [2.24, 2.45) is 11.8 Å². The standard InChI is InChI=1S/C12H25NO/c1-3-5-11(2)8-13-9-12-6-4-7-14-10-12/h11-13H,3-10H2,1-2H3. The summed E-state index contributed by atoms with van der Waals surface area (Å²) >= 11 is 0. The molecule has 1 aliphatic heterocycles. The van der Waals surface area contributed by atoms with Crippen LogP contribution >= 0.6 is 0 Å². The van der Waals surface area contributed by atoms with Crippen LogP contribution in [0, 0.1) is 11.8 Å². The van der Waals surface area contributed by atoms with E-state index in [1.165, 1.54) is 32.2 Å². The van der Waals surface area contributed by atoms with Crippen LogP contribution in [0.3, 0.4) is 0 Å².